The monoisotopic (exact) mass is 573 g/mol. The van der Waals surface area contributed by atoms with E-state index in [0.717, 1.165) is 26.8 Å². The number of nitrogens with zero attached hydrogens (tertiary/aromatic N) is 3. The number of halogens is 1. The van der Waals surface area contributed by atoms with E-state index >= 15 is 0 Å². The van der Waals surface area contributed by atoms with E-state index in [0.29, 0.717) is 37.5 Å². The first-order valence-corrected chi connectivity index (χ1v) is 12.8. The summed E-state index contributed by atoms with van der Waals surface area (Å²) in [7, 11) is 1.26. The van der Waals surface area contributed by atoms with E-state index < -0.39 is 17.1 Å². The van der Waals surface area contributed by atoms with Gasteiger partial charge in [0.1, 0.15) is 12.3 Å². The van der Waals surface area contributed by atoms with Crippen LogP contribution in [0.5, 0.6) is 5.75 Å². The third kappa shape index (κ3) is 6.08. The van der Waals surface area contributed by atoms with Gasteiger partial charge in [0.05, 0.1) is 12.0 Å². The first-order valence-electron chi connectivity index (χ1n) is 11.2. The molecule has 36 heavy (non-hydrogen) atoms. The Morgan fingerprint density at radius 3 is 2.47 bits per heavy atom. The van der Waals surface area contributed by atoms with Gasteiger partial charge in [-0.2, -0.15) is 0 Å². The summed E-state index contributed by atoms with van der Waals surface area (Å²) in [5.41, 5.74) is 1.60. The third-order valence-corrected chi connectivity index (χ3v) is 7.15. The van der Waals surface area contributed by atoms with Crippen molar-refractivity contribution in [1.82, 2.24) is 9.80 Å². The van der Waals surface area contributed by atoms with Gasteiger partial charge in [0, 0.05) is 41.9 Å². The molecule has 2 aromatic carbocycles. The molecule has 2 heterocycles. The van der Waals surface area contributed by atoms with Crippen molar-refractivity contribution < 1.29 is 28.7 Å². The molecule has 0 saturated carbocycles. The molecule has 0 aromatic heterocycles. The van der Waals surface area contributed by atoms with Gasteiger partial charge in [0.2, 0.25) is 5.91 Å². The number of carbonyl (C=O) groups is 4. The summed E-state index contributed by atoms with van der Waals surface area (Å²) in [4.78, 5) is 54.9. The number of methoxy groups -OCH3 is 1. The lowest BCUT2D eigenvalue weighted by Crippen LogP contribution is -2.51. The minimum Gasteiger partial charge on any atom is -0.481 e. The smallest absolute Gasteiger partial charge is 0.343 e. The third-order valence-electron chi connectivity index (χ3n) is 5.75. The zero-order valence-corrected chi connectivity index (χ0v) is 21.9. The van der Waals surface area contributed by atoms with Gasteiger partial charge >= 0.3 is 5.97 Å². The molecule has 2 fully saturated rings. The molecule has 0 unspecified atom stereocenters. The number of anilines is 1. The fraction of sp³-hybridized carbons (Fsp3) is 0.280. The number of piperazine rings is 1. The number of hydrogen-bond donors (Lipinski definition) is 0. The lowest BCUT2D eigenvalue weighted by atomic mass is 10.2. The average Bonchev–Trinajstić information content (AvgIpc) is 3.15. The number of amides is 3. The van der Waals surface area contributed by atoms with Crippen LogP contribution in [0.4, 0.5) is 10.5 Å². The van der Waals surface area contributed by atoms with Crippen molar-refractivity contribution in [3.63, 3.8) is 0 Å². The molecule has 4 rings (SSSR count). The lowest BCUT2D eigenvalue weighted by Gasteiger charge is -2.36. The molecule has 2 aliphatic heterocycles. The second-order valence-corrected chi connectivity index (χ2v) is 9.93. The van der Waals surface area contributed by atoms with Gasteiger partial charge < -0.3 is 19.3 Å². The van der Waals surface area contributed by atoms with Crippen molar-refractivity contribution in [2.75, 3.05) is 51.3 Å². The van der Waals surface area contributed by atoms with Crippen molar-refractivity contribution in [1.29, 1.82) is 0 Å². The van der Waals surface area contributed by atoms with Crippen LogP contribution in [0, 0.1) is 0 Å². The summed E-state index contributed by atoms with van der Waals surface area (Å²) >= 11 is 4.14. The Morgan fingerprint density at radius 1 is 1.06 bits per heavy atom. The second-order valence-electron chi connectivity index (χ2n) is 8.02. The Kier molecular flexibility index (Phi) is 8.32. The van der Waals surface area contributed by atoms with E-state index in [-0.39, 0.29) is 24.0 Å². The number of imide groups is 1. The molecule has 2 saturated heterocycles. The van der Waals surface area contributed by atoms with Crippen molar-refractivity contribution in [3.8, 4) is 5.75 Å². The minimum absolute atomic E-state index is 0.169. The van der Waals surface area contributed by atoms with Crippen LogP contribution in [0.3, 0.4) is 0 Å². The normalized spacial score (nSPS) is 17.1. The molecule has 0 N–H and O–H groups in total. The number of rotatable bonds is 7. The van der Waals surface area contributed by atoms with E-state index in [1.54, 1.807) is 23.1 Å². The van der Waals surface area contributed by atoms with Gasteiger partial charge in [0.15, 0.2) is 6.61 Å². The maximum Gasteiger partial charge on any atom is 0.343 e. The standard InChI is InChI=1S/C25H24BrN3O6S/c1-34-23(31)16-35-20-8-7-18(26)13-17(20)14-21-24(32)29(25(33)36-21)15-22(30)28-11-9-27(10-12-28)19-5-3-2-4-6-19/h2-8,13-14H,9-12,15-16H2,1H3/b21-14+. The molecule has 3 amide bonds. The highest BCUT2D eigenvalue weighted by molar-refractivity contribution is 9.10. The Labute approximate surface area is 221 Å². The van der Waals surface area contributed by atoms with Gasteiger partial charge in [-0.1, -0.05) is 34.1 Å². The van der Waals surface area contributed by atoms with Gasteiger partial charge in [0.25, 0.3) is 11.1 Å². The van der Waals surface area contributed by atoms with Crippen LogP contribution in [0.2, 0.25) is 0 Å². The van der Waals surface area contributed by atoms with Crippen molar-refractivity contribution in [2.45, 2.75) is 0 Å². The van der Waals surface area contributed by atoms with Gasteiger partial charge in [-0.15, -0.1) is 0 Å². The topological polar surface area (TPSA) is 96.5 Å². The minimum atomic E-state index is -0.549. The maximum absolute atomic E-state index is 13.0. The lowest BCUT2D eigenvalue weighted by molar-refractivity contribution is -0.143. The van der Waals surface area contributed by atoms with E-state index in [2.05, 4.69) is 25.6 Å². The number of ether oxygens (including phenoxy) is 2. The Balaban J connectivity index is 1.40. The summed E-state index contributed by atoms with van der Waals surface area (Å²) < 4.78 is 10.8. The molecule has 2 aromatic rings. The first-order chi connectivity index (χ1) is 17.4. The van der Waals surface area contributed by atoms with Crippen LogP contribution >= 0.6 is 27.7 Å². The summed E-state index contributed by atoms with van der Waals surface area (Å²) in [5.74, 6) is -1.01. The van der Waals surface area contributed by atoms with Crippen LogP contribution in [0.15, 0.2) is 57.9 Å². The Bertz CT molecular complexity index is 1200. The summed E-state index contributed by atoms with van der Waals surface area (Å²) in [6.45, 7) is 1.77. The molecule has 0 radical (unpaired) electrons. The van der Waals surface area contributed by atoms with Crippen LogP contribution in [0.1, 0.15) is 5.56 Å². The van der Waals surface area contributed by atoms with Crippen molar-refractivity contribution in [3.05, 3.63) is 63.5 Å². The van der Waals surface area contributed by atoms with Crippen LogP contribution < -0.4 is 9.64 Å². The number of benzene rings is 2. The largest absolute Gasteiger partial charge is 0.481 e. The van der Waals surface area contributed by atoms with Crippen LogP contribution in [-0.4, -0.2) is 79.3 Å². The van der Waals surface area contributed by atoms with Crippen LogP contribution in [0.25, 0.3) is 6.08 Å². The summed E-state index contributed by atoms with van der Waals surface area (Å²) in [6.07, 6.45) is 1.52. The van der Waals surface area contributed by atoms with Gasteiger partial charge in [-0.25, -0.2) is 4.79 Å². The number of hydrogen-bond acceptors (Lipinski definition) is 8. The van der Waals surface area contributed by atoms with E-state index in [1.807, 2.05) is 30.3 Å². The van der Waals surface area contributed by atoms with Gasteiger partial charge in [-0.3, -0.25) is 19.3 Å². The summed E-state index contributed by atoms with van der Waals surface area (Å²) in [6, 6.07) is 15.0. The number of carbonyl (C=O) groups excluding carboxylic acids is 4. The number of para-hydroxylation sites is 1. The predicted molar refractivity (Wildman–Crippen MR) is 140 cm³/mol. The molecule has 0 bridgehead atoms. The summed E-state index contributed by atoms with van der Waals surface area (Å²) in [5, 5.41) is -0.505. The molecule has 11 heteroatoms. The Hall–Kier alpha value is -3.31. The highest BCUT2D eigenvalue weighted by Gasteiger charge is 2.37. The molecule has 0 aliphatic carbocycles. The Morgan fingerprint density at radius 2 is 1.78 bits per heavy atom. The molecule has 2 aliphatic rings. The first kappa shape index (κ1) is 25.8. The quantitative estimate of drug-likeness (QED) is 0.367. The molecule has 9 nitrogen and oxygen atoms in total. The van der Waals surface area contributed by atoms with E-state index in [4.69, 9.17) is 4.74 Å². The molecule has 0 spiro atoms. The van der Waals surface area contributed by atoms with Gasteiger partial charge in [-0.05, 0) is 48.2 Å². The number of thioether (sulfide) groups is 1. The molecular weight excluding hydrogens is 550 g/mol. The van der Waals surface area contributed by atoms with Crippen molar-refractivity contribution >= 4 is 62.5 Å². The highest BCUT2D eigenvalue weighted by atomic mass is 79.9. The zero-order valence-electron chi connectivity index (χ0n) is 19.5. The fourth-order valence-electron chi connectivity index (χ4n) is 3.82. The van der Waals surface area contributed by atoms with Crippen LogP contribution in [-0.2, 0) is 19.1 Å². The molecular formula is C25H24BrN3O6S. The average molecular weight is 574 g/mol. The second kappa shape index (κ2) is 11.6. The predicted octanol–water partition coefficient (Wildman–Crippen LogP) is 3.39. The highest BCUT2D eigenvalue weighted by Crippen LogP contribution is 2.35. The SMILES string of the molecule is COC(=O)COc1ccc(Br)cc1/C=C1/SC(=O)N(CC(=O)N2CCN(c3ccccc3)CC2)C1=O. The fourth-order valence-corrected chi connectivity index (χ4v) is 5.03. The van der Waals surface area contributed by atoms with Crippen molar-refractivity contribution in [2.24, 2.45) is 0 Å². The van der Waals surface area contributed by atoms with E-state index in [9.17, 15) is 19.2 Å². The maximum atomic E-state index is 13.0. The molecule has 188 valence electrons. The zero-order chi connectivity index (χ0) is 25.7. The number of esters is 1. The molecule has 0 atom stereocenters. The van der Waals surface area contributed by atoms with E-state index in [1.165, 1.54) is 13.2 Å².